The summed E-state index contributed by atoms with van der Waals surface area (Å²) in [6.45, 7) is 3.47. The highest BCUT2D eigenvalue weighted by molar-refractivity contribution is 6.28. The van der Waals surface area contributed by atoms with E-state index in [9.17, 15) is 0 Å². The van der Waals surface area contributed by atoms with Crippen molar-refractivity contribution >= 4 is 23.2 Å². The van der Waals surface area contributed by atoms with E-state index in [2.05, 4.69) is 11.9 Å². The average molecular weight is 195 g/mol. The number of rotatable bonds is 4. The Kier molecular flexibility index (Phi) is 5.16. The Morgan fingerprint density at radius 1 is 1.64 bits per heavy atom. The molecule has 0 heterocycles. The molecule has 0 aliphatic rings. The zero-order valence-electron chi connectivity index (χ0n) is 6.69. The Balaban J connectivity index is 4.01. The van der Waals surface area contributed by atoms with E-state index >= 15 is 0 Å². The highest BCUT2D eigenvalue weighted by Crippen LogP contribution is 2.00. The summed E-state index contributed by atoms with van der Waals surface area (Å²) in [6, 6.07) is 0. The largest absolute Gasteiger partial charge is 0.379 e. The number of allylic oxidation sites excluding steroid dienone is 1. The first-order valence-corrected chi connectivity index (χ1v) is 4.02. The molecule has 0 aromatic heterocycles. The van der Waals surface area contributed by atoms with Crippen LogP contribution in [0.5, 0.6) is 0 Å². The molecule has 0 unspecified atom stereocenters. The maximum Gasteiger partial charge on any atom is 0.0985 e. The van der Waals surface area contributed by atoms with Crippen molar-refractivity contribution < 1.29 is 0 Å². The molecule has 0 bridgehead atoms. The molecular weight excluding hydrogens is 183 g/mol. The molecule has 0 fully saturated rings. The van der Waals surface area contributed by atoms with Crippen molar-refractivity contribution in [2.45, 2.75) is 0 Å². The molecule has 0 aliphatic carbocycles. The summed E-state index contributed by atoms with van der Waals surface area (Å²) in [4.78, 5) is 1.90. The summed E-state index contributed by atoms with van der Waals surface area (Å²) in [5.41, 5.74) is 0.952. The topological polar surface area (TPSA) is 15.3 Å². The van der Waals surface area contributed by atoms with Crippen LogP contribution in [-0.2, 0) is 0 Å². The lowest BCUT2D eigenvalue weighted by Gasteiger charge is -2.14. The highest BCUT2D eigenvalue weighted by atomic mass is 35.5. The smallest absolute Gasteiger partial charge is 0.0985 e. The van der Waals surface area contributed by atoms with Crippen LogP contribution in [0, 0.1) is 0 Å². The third-order valence-corrected chi connectivity index (χ3v) is 1.49. The van der Waals surface area contributed by atoms with Gasteiger partial charge in [-0.15, -0.1) is 11.6 Å². The fourth-order valence-electron chi connectivity index (χ4n) is 0.449. The molecule has 0 aliphatic heterocycles. The van der Waals surface area contributed by atoms with Gasteiger partial charge in [0.05, 0.1) is 11.0 Å². The van der Waals surface area contributed by atoms with Gasteiger partial charge in [0.25, 0.3) is 0 Å². The number of nitrogens with one attached hydrogen (secondary N) is 1. The standard InChI is InChI=1S/C7H12Cl2N2/c1-6(9)10-5-7(4-8)11(2)3/h5,10H,1,4H2,2-3H3/b7-5-. The van der Waals surface area contributed by atoms with Gasteiger partial charge in [-0.05, 0) is 0 Å². The van der Waals surface area contributed by atoms with E-state index in [-0.39, 0.29) is 0 Å². The summed E-state index contributed by atoms with van der Waals surface area (Å²) in [5.74, 6) is 0.449. The molecule has 0 rings (SSSR count). The van der Waals surface area contributed by atoms with E-state index in [0.29, 0.717) is 11.0 Å². The quantitative estimate of drug-likeness (QED) is 0.544. The number of nitrogens with zero attached hydrogens (tertiary/aromatic N) is 1. The van der Waals surface area contributed by atoms with Crippen LogP contribution in [0.15, 0.2) is 23.6 Å². The van der Waals surface area contributed by atoms with Gasteiger partial charge in [-0.2, -0.15) is 0 Å². The van der Waals surface area contributed by atoms with E-state index < -0.39 is 0 Å². The summed E-state index contributed by atoms with van der Waals surface area (Å²) in [6.07, 6.45) is 1.72. The van der Waals surface area contributed by atoms with Gasteiger partial charge in [0.1, 0.15) is 0 Å². The SMILES string of the molecule is C=C(Cl)N/C=C(/CCl)N(C)C. The van der Waals surface area contributed by atoms with E-state index in [0.717, 1.165) is 5.70 Å². The molecule has 0 spiro atoms. The zero-order valence-corrected chi connectivity index (χ0v) is 8.21. The Hall–Kier alpha value is -0.340. The van der Waals surface area contributed by atoms with Crippen molar-refractivity contribution in [1.29, 1.82) is 0 Å². The van der Waals surface area contributed by atoms with Gasteiger partial charge in [0, 0.05) is 26.0 Å². The maximum absolute atomic E-state index is 5.62. The van der Waals surface area contributed by atoms with Crippen molar-refractivity contribution in [3.63, 3.8) is 0 Å². The van der Waals surface area contributed by atoms with Gasteiger partial charge in [-0.25, -0.2) is 0 Å². The minimum atomic E-state index is 0.384. The van der Waals surface area contributed by atoms with Crippen LogP contribution in [-0.4, -0.2) is 24.9 Å². The molecule has 0 radical (unpaired) electrons. The summed E-state index contributed by atoms with van der Waals surface area (Å²) >= 11 is 11.1. The predicted molar refractivity (Wildman–Crippen MR) is 50.6 cm³/mol. The van der Waals surface area contributed by atoms with Crippen LogP contribution in [0.4, 0.5) is 0 Å². The Morgan fingerprint density at radius 2 is 2.18 bits per heavy atom. The van der Waals surface area contributed by atoms with E-state index in [1.165, 1.54) is 0 Å². The summed E-state index contributed by atoms with van der Waals surface area (Å²) in [5, 5.41) is 3.14. The molecule has 0 amide bonds. The van der Waals surface area contributed by atoms with Crippen LogP contribution in [0.25, 0.3) is 0 Å². The number of hydrogen-bond donors (Lipinski definition) is 1. The highest BCUT2D eigenvalue weighted by Gasteiger charge is 1.95. The van der Waals surface area contributed by atoms with Gasteiger partial charge in [0.2, 0.25) is 0 Å². The van der Waals surface area contributed by atoms with Crippen molar-refractivity contribution in [2.24, 2.45) is 0 Å². The molecule has 11 heavy (non-hydrogen) atoms. The van der Waals surface area contributed by atoms with Gasteiger partial charge in [0.15, 0.2) is 0 Å². The van der Waals surface area contributed by atoms with Crippen LogP contribution in [0.3, 0.4) is 0 Å². The second kappa shape index (κ2) is 5.33. The van der Waals surface area contributed by atoms with Gasteiger partial charge in [-0.1, -0.05) is 18.2 Å². The lowest BCUT2D eigenvalue weighted by molar-refractivity contribution is 0.511. The van der Waals surface area contributed by atoms with E-state index in [1.807, 2.05) is 19.0 Å². The summed E-state index contributed by atoms with van der Waals surface area (Å²) in [7, 11) is 3.82. The first kappa shape index (κ1) is 10.7. The summed E-state index contributed by atoms with van der Waals surface area (Å²) < 4.78 is 0. The van der Waals surface area contributed by atoms with E-state index in [1.54, 1.807) is 6.20 Å². The molecule has 4 heteroatoms. The fraction of sp³-hybridized carbons (Fsp3) is 0.429. The number of hydrogen-bond acceptors (Lipinski definition) is 2. The molecule has 0 aromatic rings. The Morgan fingerprint density at radius 3 is 2.45 bits per heavy atom. The van der Waals surface area contributed by atoms with Gasteiger partial charge >= 0.3 is 0 Å². The molecule has 2 nitrogen and oxygen atoms in total. The molecule has 0 saturated carbocycles. The molecule has 1 N–H and O–H groups in total. The first-order valence-electron chi connectivity index (χ1n) is 3.11. The van der Waals surface area contributed by atoms with Gasteiger partial charge in [-0.3, -0.25) is 0 Å². The van der Waals surface area contributed by atoms with Crippen molar-refractivity contribution in [2.75, 3.05) is 20.0 Å². The third kappa shape index (κ3) is 4.99. The molecule has 0 saturated heterocycles. The minimum Gasteiger partial charge on any atom is -0.379 e. The lowest BCUT2D eigenvalue weighted by Crippen LogP contribution is -2.15. The van der Waals surface area contributed by atoms with Gasteiger partial charge < -0.3 is 10.2 Å². The number of alkyl halides is 1. The Labute approximate surface area is 77.5 Å². The average Bonchev–Trinajstić information content (AvgIpc) is 1.87. The van der Waals surface area contributed by atoms with Crippen molar-refractivity contribution in [3.8, 4) is 0 Å². The van der Waals surface area contributed by atoms with Crippen LogP contribution in [0.1, 0.15) is 0 Å². The van der Waals surface area contributed by atoms with Crippen LogP contribution >= 0.6 is 23.2 Å². The fourth-order valence-corrected chi connectivity index (χ4v) is 0.820. The zero-order chi connectivity index (χ0) is 8.85. The second-order valence-electron chi connectivity index (χ2n) is 2.21. The predicted octanol–water partition coefficient (Wildman–Crippen LogP) is 1.93. The molecular formula is C7H12Cl2N2. The maximum atomic E-state index is 5.62. The minimum absolute atomic E-state index is 0.384. The second-order valence-corrected chi connectivity index (χ2v) is 2.94. The van der Waals surface area contributed by atoms with Crippen LogP contribution in [0.2, 0.25) is 0 Å². The number of halogens is 2. The van der Waals surface area contributed by atoms with Crippen molar-refractivity contribution in [1.82, 2.24) is 10.2 Å². The first-order chi connectivity index (χ1) is 5.07. The van der Waals surface area contributed by atoms with Crippen molar-refractivity contribution in [3.05, 3.63) is 23.6 Å². The van der Waals surface area contributed by atoms with E-state index in [4.69, 9.17) is 23.2 Å². The normalized spacial score (nSPS) is 11.1. The van der Waals surface area contributed by atoms with Crippen LogP contribution < -0.4 is 5.32 Å². The Bertz CT molecular complexity index is 164. The monoisotopic (exact) mass is 194 g/mol. The molecule has 64 valence electrons. The molecule has 0 aromatic carbocycles. The third-order valence-electron chi connectivity index (χ3n) is 1.11. The molecule has 0 atom stereocenters. The lowest BCUT2D eigenvalue weighted by atomic mass is 10.5.